The minimum Gasteiger partial charge on any atom is -0.282 e. The first kappa shape index (κ1) is 13.3. The van der Waals surface area contributed by atoms with Gasteiger partial charge in [-0.25, -0.2) is 0 Å². The molecule has 0 aliphatic rings. The minimum atomic E-state index is -4.80. The molecule has 1 N–H and O–H groups in total. The molecule has 1 aromatic rings. The lowest BCUT2D eigenvalue weighted by Crippen LogP contribution is -2.02. The van der Waals surface area contributed by atoms with Gasteiger partial charge in [0.1, 0.15) is 4.90 Å². The Morgan fingerprint density at radius 1 is 1.12 bits per heavy atom. The fraction of sp³-hybridized carbons (Fsp3) is 0. The van der Waals surface area contributed by atoms with Crippen molar-refractivity contribution in [3.05, 3.63) is 37.4 Å². The van der Waals surface area contributed by atoms with Crippen molar-refractivity contribution in [1.82, 2.24) is 0 Å². The maximum Gasteiger partial charge on any atom is 0.296 e. The van der Waals surface area contributed by atoms with E-state index in [4.69, 9.17) is 16.2 Å². The van der Waals surface area contributed by atoms with Gasteiger partial charge in [0.15, 0.2) is 5.02 Å². The van der Waals surface area contributed by atoms with Crippen LogP contribution >= 0.6 is 11.6 Å². The third-order valence-electron chi connectivity index (χ3n) is 1.70. The van der Waals surface area contributed by atoms with Crippen molar-refractivity contribution in [1.29, 1.82) is 0 Å². The first-order chi connectivity index (χ1) is 7.64. The van der Waals surface area contributed by atoms with E-state index in [1.807, 2.05) is 0 Å². The molecule has 0 saturated heterocycles. The zero-order valence-corrected chi connectivity index (χ0v) is 9.30. The normalized spacial score (nSPS) is 11.2. The van der Waals surface area contributed by atoms with Gasteiger partial charge in [0.05, 0.1) is 9.85 Å². The number of hydrogen-bond donors (Lipinski definition) is 1. The summed E-state index contributed by atoms with van der Waals surface area (Å²) in [6.07, 6.45) is 0. The van der Waals surface area contributed by atoms with E-state index in [-0.39, 0.29) is 0 Å². The lowest BCUT2D eigenvalue weighted by Gasteiger charge is -2.00. The van der Waals surface area contributed by atoms with E-state index in [0.29, 0.717) is 12.1 Å². The van der Waals surface area contributed by atoms with Crippen LogP contribution in [-0.2, 0) is 10.1 Å². The van der Waals surface area contributed by atoms with Crippen LogP contribution in [0.25, 0.3) is 0 Å². The molecule has 0 aromatic heterocycles. The molecule has 1 rings (SSSR count). The van der Waals surface area contributed by atoms with Crippen LogP contribution in [0, 0.1) is 20.2 Å². The molecule has 1 aromatic carbocycles. The highest BCUT2D eigenvalue weighted by molar-refractivity contribution is 7.85. The second kappa shape index (κ2) is 4.24. The van der Waals surface area contributed by atoms with Crippen molar-refractivity contribution >= 4 is 33.1 Å². The third kappa shape index (κ3) is 2.67. The minimum absolute atomic E-state index is 0.435. The van der Waals surface area contributed by atoms with Crippen LogP contribution in [-0.4, -0.2) is 22.8 Å². The smallest absolute Gasteiger partial charge is 0.282 e. The quantitative estimate of drug-likeness (QED) is 0.501. The highest BCUT2D eigenvalue weighted by atomic mass is 35.5. The first-order valence-electron chi connectivity index (χ1n) is 3.74. The second-order valence-corrected chi connectivity index (χ2v) is 4.56. The van der Waals surface area contributed by atoms with E-state index >= 15 is 0 Å². The summed E-state index contributed by atoms with van der Waals surface area (Å²) in [6, 6.07) is 0.870. The van der Waals surface area contributed by atoms with Crippen molar-refractivity contribution in [3.8, 4) is 0 Å². The fourth-order valence-electron chi connectivity index (χ4n) is 0.984. The van der Waals surface area contributed by atoms with Crippen LogP contribution in [0.15, 0.2) is 17.0 Å². The Bertz CT molecular complexity index is 576. The molecule has 0 saturated carbocycles. The zero-order chi connectivity index (χ0) is 13.4. The molecule has 0 aliphatic heterocycles. The molecule has 9 nitrogen and oxygen atoms in total. The Morgan fingerprint density at radius 2 is 1.47 bits per heavy atom. The van der Waals surface area contributed by atoms with Gasteiger partial charge >= 0.3 is 0 Å². The van der Waals surface area contributed by atoms with Gasteiger partial charge in [0, 0.05) is 12.1 Å². The van der Waals surface area contributed by atoms with Crippen LogP contribution in [0.1, 0.15) is 0 Å². The molecule has 0 fully saturated rings. The van der Waals surface area contributed by atoms with Gasteiger partial charge in [-0.3, -0.25) is 24.8 Å². The number of nitrogens with zero attached hydrogens (tertiary/aromatic N) is 2. The molecule has 0 aliphatic carbocycles. The van der Waals surface area contributed by atoms with E-state index in [1.165, 1.54) is 0 Å². The Labute approximate surface area is 98.7 Å². The van der Waals surface area contributed by atoms with Crippen molar-refractivity contribution in [2.24, 2.45) is 0 Å². The lowest BCUT2D eigenvalue weighted by atomic mass is 10.3. The maximum absolute atomic E-state index is 10.8. The van der Waals surface area contributed by atoms with E-state index in [1.54, 1.807) is 0 Å². The van der Waals surface area contributed by atoms with Crippen LogP contribution < -0.4 is 0 Å². The van der Waals surface area contributed by atoms with Crippen LogP contribution in [0.5, 0.6) is 0 Å². The summed E-state index contributed by atoms with van der Waals surface area (Å²) in [6.45, 7) is 0. The van der Waals surface area contributed by atoms with Gasteiger partial charge in [-0.05, 0) is 0 Å². The molecule has 0 atom stereocenters. The van der Waals surface area contributed by atoms with Crippen LogP contribution in [0.3, 0.4) is 0 Å². The number of rotatable bonds is 3. The Hall–Kier alpha value is -1.78. The number of nitro groups is 2. The molecule has 17 heavy (non-hydrogen) atoms. The van der Waals surface area contributed by atoms with Gasteiger partial charge in [-0.2, -0.15) is 8.42 Å². The summed E-state index contributed by atoms with van der Waals surface area (Å²) in [5.74, 6) is 0. The Kier molecular flexibility index (Phi) is 3.31. The molecule has 0 amide bonds. The van der Waals surface area contributed by atoms with Crippen molar-refractivity contribution in [2.75, 3.05) is 0 Å². The van der Waals surface area contributed by atoms with Gasteiger partial charge < -0.3 is 0 Å². The highest BCUT2D eigenvalue weighted by Gasteiger charge is 2.28. The van der Waals surface area contributed by atoms with Gasteiger partial charge in [-0.1, -0.05) is 11.6 Å². The highest BCUT2D eigenvalue weighted by Crippen LogP contribution is 2.36. The summed E-state index contributed by atoms with van der Waals surface area (Å²) < 4.78 is 30.2. The monoisotopic (exact) mass is 282 g/mol. The summed E-state index contributed by atoms with van der Waals surface area (Å²) in [5, 5.41) is 20.2. The standard InChI is InChI=1S/C6H3ClN2O7S/c7-6-4(8(10)11)1-3(17(14,15)16)2-5(6)9(12)13/h1-2H,(H,14,15,16). The molecule has 0 heterocycles. The molecule has 0 bridgehead atoms. The molecule has 0 radical (unpaired) electrons. The maximum atomic E-state index is 10.8. The largest absolute Gasteiger partial charge is 0.296 e. The van der Waals surface area contributed by atoms with Gasteiger partial charge in [0.2, 0.25) is 0 Å². The van der Waals surface area contributed by atoms with Crippen molar-refractivity contribution < 1.29 is 22.8 Å². The average Bonchev–Trinajstić information content (AvgIpc) is 2.14. The summed E-state index contributed by atoms with van der Waals surface area (Å²) in [4.78, 5) is 17.8. The number of hydrogen-bond acceptors (Lipinski definition) is 6. The summed E-state index contributed by atoms with van der Waals surface area (Å²) in [7, 11) is -4.80. The number of benzene rings is 1. The topological polar surface area (TPSA) is 141 Å². The second-order valence-electron chi connectivity index (χ2n) is 2.76. The summed E-state index contributed by atoms with van der Waals surface area (Å²) in [5.41, 5.74) is -1.96. The van der Waals surface area contributed by atoms with Crippen molar-refractivity contribution in [2.45, 2.75) is 4.90 Å². The summed E-state index contributed by atoms with van der Waals surface area (Å²) >= 11 is 5.36. The van der Waals surface area contributed by atoms with E-state index < -0.39 is 41.3 Å². The predicted octanol–water partition coefficient (Wildman–Crippen LogP) is 1.40. The molecular formula is C6H3ClN2O7S. The van der Waals surface area contributed by atoms with Gasteiger partial charge in [0.25, 0.3) is 21.5 Å². The van der Waals surface area contributed by atoms with E-state index in [9.17, 15) is 28.6 Å². The fourth-order valence-corrected chi connectivity index (χ4v) is 1.75. The lowest BCUT2D eigenvalue weighted by molar-refractivity contribution is -0.394. The molecule has 0 unspecified atom stereocenters. The van der Waals surface area contributed by atoms with Crippen molar-refractivity contribution in [3.63, 3.8) is 0 Å². The zero-order valence-electron chi connectivity index (χ0n) is 7.73. The first-order valence-corrected chi connectivity index (χ1v) is 5.56. The van der Waals surface area contributed by atoms with E-state index in [2.05, 4.69) is 0 Å². The molecule has 11 heteroatoms. The Morgan fingerprint density at radius 3 is 1.71 bits per heavy atom. The molecular weight excluding hydrogens is 280 g/mol. The van der Waals surface area contributed by atoms with Crippen LogP contribution in [0.4, 0.5) is 11.4 Å². The number of nitro benzene ring substituents is 2. The number of halogens is 1. The Balaban J connectivity index is 3.71. The molecule has 0 spiro atoms. The van der Waals surface area contributed by atoms with Crippen LogP contribution in [0.2, 0.25) is 5.02 Å². The SMILES string of the molecule is O=[N+]([O-])c1cc(S(=O)(=O)O)cc([N+](=O)[O-])c1Cl. The van der Waals surface area contributed by atoms with Gasteiger partial charge in [-0.15, -0.1) is 0 Å². The average molecular weight is 283 g/mol. The molecule has 92 valence electrons. The third-order valence-corrected chi connectivity index (χ3v) is 2.92. The predicted molar refractivity (Wildman–Crippen MR) is 54.6 cm³/mol. The van der Waals surface area contributed by atoms with E-state index in [0.717, 1.165) is 0 Å².